The number of fused-ring (bicyclic) bond motifs is 5. The molecule has 0 spiro atoms. The third kappa shape index (κ3) is 3.37. The molecule has 0 radical (unpaired) electrons. The molecular formula is C27H42O7. The molecule has 1 saturated heterocycles. The standard InChI is InChI=1S/C27H42O7/c1-14-21(29)22(30)23(31)24(33-14)34-17-7-10-25(3)16(13-17)5-6-18-19(25)8-11-26(4)20(18)9-12-27(26,32)15(2)28/h7,14,16,18-24,29-32H,5-6,8-13H2,1-4H3/t14-,16-,18-,19+,20+,21-,22+,23-,24?,25+,26+,27-/m1/s1. The highest BCUT2D eigenvalue weighted by molar-refractivity contribution is 5.86. The molecule has 1 aliphatic heterocycles. The van der Waals surface area contributed by atoms with Crippen molar-refractivity contribution in [2.24, 2.45) is 34.5 Å². The van der Waals surface area contributed by atoms with Crippen molar-refractivity contribution < 1.29 is 34.7 Å². The van der Waals surface area contributed by atoms with Crippen LogP contribution >= 0.6 is 0 Å². The van der Waals surface area contributed by atoms with Gasteiger partial charge in [-0.2, -0.15) is 0 Å². The minimum atomic E-state index is -1.30. The number of aliphatic hydroxyl groups excluding tert-OH is 3. The Balaban J connectivity index is 1.32. The zero-order valence-corrected chi connectivity index (χ0v) is 20.9. The second kappa shape index (κ2) is 8.27. The Hall–Kier alpha value is -0.990. The van der Waals surface area contributed by atoms with Crippen LogP contribution in [-0.4, -0.2) is 62.5 Å². The van der Waals surface area contributed by atoms with Crippen molar-refractivity contribution in [2.75, 3.05) is 0 Å². The number of rotatable bonds is 3. The molecule has 0 aromatic heterocycles. The van der Waals surface area contributed by atoms with Crippen LogP contribution in [0.1, 0.15) is 79.1 Å². The van der Waals surface area contributed by atoms with E-state index in [1.54, 1.807) is 13.8 Å². The molecule has 1 heterocycles. The number of carbonyl (C=O) groups excluding carboxylic acids is 1. The van der Waals surface area contributed by atoms with E-state index in [0.29, 0.717) is 30.1 Å². The van der Waals surface area contributed by atoms with Crippen LogP contribution in [0.25, 0.3) is 0 Å². The van der Waals surface area contributed by atoms with Crippen molar-refractivity contribution in [1.82, 2.24) is 0 Å². The van der Waals surface area contributed by atoms with Crippen LogP contribution in [0.5, 0.6) is 0 Å². The second-order valence-electron chi connectivity index (χ2n) is 12.4. The third-order valence-electron chi connectivity index (χ3n) is 11.1. The summed E-state index contributed by atoms with van der Waals surface area (Å²) in [6, 6.07) is 0. The van der Waals surface area contributed by atoms with E-state index in [-0.39, 0.29) is 16.6 Å². The van der Waals surface area contributed by atoms with E-state index in [4.69, 9.17) is 9.47 Å². The van der Waals surface area contributed by atoms with Crippen molar-refractivity contribution >= 4 is 5.78 Å². The van der Waals surface area contributed by atoms with Crippen LogP contribution in [-0.2, 0) is 14.3 Å². The lowest BCUT2D eigenvalue weighted by atomic mass is 9.45. The summed E-state index contributed by atoms with van der Waals surface area (Å²) in [5.41, 5.74) is -1.36. The number of allylic oxidation sites excluding steroid dienone is 2. The smallest absolute Gasteiger partial charge is 0.228 e. The first-order valence-corrected chi connectivity index (χ1v) is 13.2. The number of ether oxygens (including phenoxy) is 2. The molecule has 192 valence electrons. The normalized spacial score (nSPS) is 54.9. The Morgan fingerprint density at radius 3 is 2.44 bits per heavy atom. The topological polar surface area (TPSA) is 116 Å². The zero-order chi connectivity index (χ0) is 24.6. The van der Waals surface area contributed by atoms with Gasteiger partial charge in [-0.1, -0.05) is 13.8 Å². The summed E-state index contributed by atoms with van der Waals surface area (Å²) in [5, 5.41) is 41.8. The van der Waals surface area contributed by atoms with Gasteiger partial charge in [0.2, 0.25) is 6.29 Å². The summed E-state index contributed by atoms with van der Waals surface area (Å²) in [7, 11) is 0. The molecule has 0 aromatic carbocycles. The molecule has 7 heteroatoms. The number of hydrogen-bond donors (Lipinski definition) is 4. The molecule has 5 aliphatic rings. The lowest BCUT2D eigenvalue weighted by Gasteiger charge is -2.60. The van der Waals surface area contributed by atoms with Gasteiger partial charge in [-0.3, -0.25) is 4.79 Å². The first-order chi connectivity index (χ1) is 15.9. The van der Waals surface area contributed by atoms with E-state index in [0.717, 1.165) is 50.7 Å². The Morgan fingerprint density at radius 2 is 1.74 bits per heavy atom. The maximum atomic E-state index is 12.4. The van der Waals surface area contributed by atoms with Crippen LogP contribution in [0.4, 0.5) is 0 Å². The molecule has 34 heavy (non-hydrogen) atoms. The van der Waals surface area contributed by atoms with Gasteiger partial charge in [0.05, 0.1) is 11.9 Å². The molecule has 3 saturated carbocycles. The third-order valence-corrected chi connectivity index (χ3v) is 11.1. The molecule has 12 atom stereocenters. The van der Waals surface area contributed by atoms with Gasteiger partial charge in [0.1, 0.15) is 23.9 Å². The summed E-state index contributed by atoms with van der Waals surface area (Å²) in [6.07, 6.45) is 4.10. The fraction of sp³-hybridized carbons (Fsp3) is 0.889. The number of hydrogen-bond acceptors (Lipinski definition) is 7. The predicted molar refractivity (Wildman–Crippen MR) is 124 cm³/mol. The van der Waals surface area contributed by atoms with Gasteiger partial charge in [-0.15, -0.1) is 0 Å². The summed E-state index contributed by atoms with van der Waals surface area (Å²) >= 11 is 0. The molecule has 0 amide bonds. The monoisotopic (exact) mass is 478 g/mol. The minimum Gasteiger partial charge on any atom is -0.467 e. The molecule has 4 aliphatic carbocycles. The highest BCUT2D eigenvalue weighted by Gasteiger charge is 2.65. The molecule has 0 aromatic rings. The molecule has 1 unspecified atom stereocenters. The summed E-state index contributed by atoms with van der Waals surface area (Å²) in [6.45, 7) is 7.78. The van der Waals surface area contributed by atoms with Crippen molar-refractivity contribution in [1.29, 1.82) is 0 Å². The Labute approximate surface area is 202 Å². The zero-order valence-electron chi connectivity index (χ0n) is 20.9. The number of carbonyl (C=O) groups is 1. The molecule has 5 rings (SSSR count). The summed E-state index contributed by atoms with van der Waals surface area (Å²) < 4.78 is 11.7. The van der Waals surface area contributed by atoms with Gasteiger partial charge in [0, 0.05) is 11.8 Å². The highest BCUT2D eigenvalue weighted by Crippen LogP contribution is 2.68. The van der Waals surface area contributed by atoms with Crippen LogP contribution in [0.15, 0.2) is 11.8 Å². The van der Waals surface area contributed by atoms with E-state index in [2.05, 4.69) is 19.9 Å². The van der Waals surface area contributed by atoms with Gasteiger partial charge in [-0.25, -0.2) is 0 Å². The van der Waals surface area contributed by atoms with Gasteiger partial charge in [-0.05, 0) is 94.0 Å². The molecule has 4 N–H and O–H groups in total. The van der Waals surface area contributed by atoms with Crippen molar-refractivity contribution in [3.8, 4) is 0 Å². The Kier molecular flexibility index (Phi) is 6.01. The van der Waals surface area contributed by atoms with Crippen LogP contribution in [0.2, 0.25) is 0 Å². The van der Waals surface area contributed by atoms with E-state index >= 15 is 0 Å². The quantitative estimate of drug-likeness (QED) is 0.493. The average Bonchev–Trinajstić information content (AvgIpc) is 3.08. The molecule has 7 nitrogen and oxygen atoms in total. The van der Waals surface area contributed by atoms with Crippen molar-refractivity contribution in [3.63, 3.8) is 0 Å². The fourth-order valence-electron chi connectivity index (χ4n) is 8.80. The van der Waals surface area contributed by atoms with E-state index in [1.807, 2.05) is 0 Å². The molecular weight excluding hydrogens is 436 g/mol. The second-order valence-corrected chi connectivity index (χ2v) is 12.4. The van der Waals surface area contributed by atoms with Crippen molar-refractivity contribution in [3.05, 3.63) is 11.8 Å². The SMILES string of the molecule is CC(=O)[C@]1(O)CC[C@H]2[C@@H]3CC[C@@H]4CC(OC5O[C@H](C)[C@@H](O)[C@H](O)[C@H]5O)=CC[C@]4(C)[C@H]3CC[C@@]21C. The predicted octanol–water partition coefficient (Wildman–Crippen LogP) is 2.69. The van der Waals surface area contributed by atoms with Crippen LogP contribution in [0, 0.1) is 34.5 Å². The molecule has 4 fully saturated rings. The maximum absolute atomic E-state index is 12.4. The number of aliphatic hydroxyl groups is 4. The highest BCUT2D eigenvalue weighted by atomic mass is 16.7. The molecule has 0 bridgehead atoms. The van der Waals surface area contributed by atoms with Crippen LogP contribution in [0.3, 0.4) is 0 Å². The maximum Gasteiger partial charge on any atom is 0.228 e. The van der Waals surface area contributed by atoms with Gasteiger partial charge in [0.25, 0.3) is 0 Å². The first-order valence-electron chi connectivity index (χ1n) is 13.2. The van der Waals surface area contributed by atoms with Gasteiger partial charge in [0.15, 0.2) is 5.78 Å². The largest absolute Gasteiger partial charge is 0.467 e. The Morgan fingerprint density at radius 1 is 1.03 bits per heavy atom. The number of ketones is 1. The van der Waals surface area contributed by atoms with Gasteiger partial charge >= 0.3 is 0 Å². The van der Waals surface area contributed by atoms with E-state index < -0.39 is 36.3 Å². The summed E-state index contributed by atoms with van der Waals surface area (Å²) in [4.78, 5) is 12.4. The van der Waals surface area contributed by atoms with Crippen molar-refractivity contribution in [2.45, 2.75) is 115 Å². The van der Waals surface area contributed by atoms with Crippen LogP contribution < -0.4 is 0 Å². The average molecular weight is 479 g/mol. The van der Waals surface area contributed by atoms with E-state index in [9.17, 15) is 25.2 Å². The Bertz CT molecular complexity index is 858. The lowest BCUT2D eigenvalue weighted by Crippen LogP contribution is -2.58. The van der Waals surface area contributed by atoms with E-state index in [1.165, 1.54) is 0 Å². The lowest BCUT2D eigenvalue weighted by molar-refractivity contribution is -0.284. The first kappa shape index (κ1) is 24.7. The minimum absolute atomic E-state index is 0.0719. The van der Waals surface area contributed by atoms with Gasteiger partial charge < -0.3 is 29.9 Å². The fourth-order valence-corrected chi connectivity index (χ4v) is 8.80. The number of Topliss-reactive ketones (excluding diaryl/α,β-unsaturated/α-hetero) is 1. The summed E-state index contributed by atoms with van der Waals surface area (Å²) in [5.74, 6) is 2.67.